The minimum atomic E-state index is -4.99. The van der Waals surface area contributed by atoms with Gasteiger partial charge in [0, 0.05) is 11.5 Å². The van der Waals surface area contributed by atoms with E-state index in [1.165, 1.54) is 42.7 Å². The van der Waals surface area contributed by atoms with Gasteiger partial charge in [0.2, 0.25) is 5.88 Å². The van der Waals surface area contributed by atoms with Crippen LogP contribution in [0.1, 0.15) is 71.1 Å². The number of pyridine rings is 1. The molecule has 0 amide bonds. The molecule has 0 spiro atoms. The van der Waals surface area contributed by atoms with Crippen LogP contribution in [-0.4, -0.2) is 50.9 Å². The van der Waals surface area contributed by atoms with Crippen LogP contribution in [0.15, 0.2) is 28.8 Å². The van der Waals surface area contributed by atoms with E-state index in [0.29, 0.717) is 58.0 Å². The van der Waals surface area contributed by atoms with Crippen LogP contribution in [0.4, 0.5) is 19.0 Å². The number of methoxy groups -OCH3 is 1. The van der Waals surface area contributed by atoms with Gasteiger partial charge >= 0.3 is 12.3 Å². The summed E-state index contributed by atoms with van der Waals surface area (Å²) < 4.78 is 61.2. The standard InChI is InChI=1S/C28H27F3N4O7S/c1-39-18-10-14(25(36)37)11-19-22(18)34-26(43-19)27(38)8-6-15(7-9-27)40-12-17-21(35-42-23(17)13-2-3-13)16-4-5-20(32)33-24(16)41-28(29,30)31/h4-5,10-11,13,15,38H,2-3,6-9,12H2,1H3,(H2,32,33)(H,36,37). The predicted octanol–water partition coefficient (Wildman–Crippen LogP) is 5.76. The number of nitrogen functional groups attached to an aromatic ring is 1. The molecular formula is C28H27F3N4O7S. The number of carbonyl (C=O) groups is 1. The third-order valence-electron chi connectivity index (χ3n) is 7.66. The molecule has 4 N–H and O–H groups in total. The molecule has 6 rings (SSSR count). The van der Waals surface area contributed by atoms with Crippen LogP contribution in [0, 0.1) is 0 Å². The lowest BCUT2D eigenvalue weighted by molar-refractivity contribution is -0.275. The highest BCUT2D eigenvalue weighted by Crippen LogP contribution is 2.47. The maximum atomic E-state index is 13.1. The Hall–Kier alpha value is -3.95. The fourth-order valence-corrected chi connectivity index (χ4v) is 6.46. The van der Waals surface area contributed by atoms with Crippen LogP contribution in [0.5, 0.6) is 11.6 Å². The van der Waals surface area contributed by atoms with Gasteiger partial charge in [0.1, 0.15) is 39.1 Å². The van der Waals surface area contributed by atoms with Gasteiger partial charge in [-0.1, -0.05) is 5.16 Å². The lowest BCUT2D eigenvalue weighted by atomic mass is 9.83. The monoisotopic (exact) mass is 620 g/mol. The first-order chi connectivity index (χ1) is 20.4. The van der Waals surface area contributed by atoms with Gasteiger partial charge in [0.25, 0.3) is 0 Å². The van der Waals surface area contributed by atoms with E-state index in [1.54, 1.807) is 0 Å². The van der Waals surface area contributed by atoms with Crippen molar-refractivity contribution in [3.8, 4) is 22.9 Å². The highest BCUT2D eigenvalue weighted by Gasteiger charge is 2.40. The molecule has 43 heavy (non-hydrogen) atoms. The minimum absolute atomic E-state index is 0.0175. The van der Waals surface area contributed by atoms with Crippen molar-refractivity contribution in [1.29, 1.82) is 0 Å². The van der Waals surface area contributed by atoms with Crippen LogP contribution in [-0.2, 0) is 16.9 Å². The Morgan fingerprint density at radius 3 is 2.58 bits per heavy atom. The third kappa shape index (κ3) is 5.96. The summed E-state index contributed by atoms with van der Waals surface area (Å²) in [6, 6.07) is 5.62. The van der Waals surface area contributed by atoms with Crippen molar-refractivity contribution in [1.82, 2.24) is 15.1 Å². The highest BCUT2D eigenvalue weighted by molar-refractivity contribution is 7.18. The SMILES string of the molecule is COc1cc(C(=O)O)cc2sc(C3(O)CCC(OCc4c(-c5ccc(N)nc5OC(F)(F)F)noc4C4CC4)CC3)nc12. The zero-order valence-corrected chi connectivity index (χ0v) is 23.6. The molecule has 2 saturated carbocycles. The number of ether oxygens (including phenoxy) is 3. The molecule has 0 unspecified atom stereocenters. The summed E-state index contributed by atoms with van der Waals surface area (Å²) >= 11 is 1.22. The molecule has 15 heteroatoms. The number of alkyl halides is 3. The summed E-state index contributed by atoms with van der Waals surface area (Å²) in [5, 5.41) is 25.5. The fraction of sp³-hybridized carbons (Fsp3) is 0.429. The van der Waals surface area contributed by atoms with Crippen LogP contribution in [0.25, 0.3) is 21.5 Å². The number of benzene rings is 1. The van der Waals surface area contributed by atoms with Gasteiger partial charge in [-0.3, -0.25) is 0 Å². The summed E-state index contributed by atoms with van der Waals surface area (Å²) in [7, 11) is 1.43. The number of fused-ring (bicyclic) bond motifs is 1. The Labute approximate surface area is 246 Å². The van der Waals surface area contributed by atoms with E-state index in [0.717, 1.165) is 12.8 Å². The summed E-state index contributed by atoms with van der Waals surface area (Å²) in [6.07, 6.45) is -1.87. The van der Waals surface area contributed by atoms with Crippen molar-refractivity contribution in [3.63, 3.8) is 0 Å². The Bertz CT molecular complexity index is 1680. The van der Waals surface area contributed by atoms with E-state index in [4.69, 9.17) is 19.7 Å². The molecule has 2 aliphatic carbocycles. The Balaban J connectivity index is 1.19. The Morgan fingerprint density at radius 2 is 1.93 bits per heavy atom. The molecule has 11 nitrogen and oxygen atoms in total. The van der Waals surface area contributed by atoms with Gasteiger partial charge in [-0.2, -0.15) is 4.98 Å². The first kappa shape index (κ1) is 29.1. The van der Waals surface area contributed by atoms with E-state index in [2.05, 4.69) is 19.9 Å². The normalized spacial score (nSPS) is 20.8. The number of hydrogen-bond donors (Lipinski definition) is 3. The largest absolute Gasteiger partial charge is 0.574 e. The van der Waals surface area contributed by atoms with E-state index in [-0.39, 0.29) is 41.3 Å². The van der Waals surface area contributed by atoms with Crippen molar-refractivity contribution in [2.24, 2.45) is 0 Å². The molecule has 1 aromatic carbocycles. The number of aromatic carboxylic acids is 1. The maximum absolute atomic E-state index is 13.1. The number of halogens is 3. The number of aromatic nitrogens is 3. The molecule has 0 bridgehead atoms. The predicted molar refractivity (Wildman–Crippen MR) is 147 cm³/mol. The number of thiazole rings is 1. The van der Waals surface area contributed by atoms with Gasteiger partial charge < -0.3 is 34.7 Å². The van der Waals surface area contributed by atoms with Gasteiger partial charge in [0.15, 0.2) is 0 Å². The topological polar surface area (TPSA) is 163 Å². The number of nitrogens with two attached hydrogens (primary N) is 1. The summed E-state index contributed by atoms with van der Waals surface area (Å²) in [5.74, 6) is -0.993. The first-order valence-electron chi connectivity index (χ1n) is 13.5. The van der Waals surface area contributed by atoms with Crippen molar-refractivity contribution in [2.75, 3.05) is 12.8 Å². The van der Waals surface area contributed by atoms with Gasteiger partial charge in [-0.25, -0.2) is 9.78 Å². The molecule has 0 atom stereocenters. The zero-order valence-electron chi connectivity index (χ0n) is 22.8. The maximum Gasteiger partial charge on any atom is 0.574 e. The Kier molecular flexibility index (Phi) is 7.42. The first-order valence-corrected chi connectivity index (χ1v) is 14.3. The van der Waals surface area contributed by atoms with Crippen molar-refractivity contribution in [2.45, 2.75) is 69.1 Å². The summed E-state index contributed by atoms with van der Waals surface area (Å²) in [6.45, 7) is 0.0277. The molecular weight excluding hydrogens is 593 g/mol. The number of aliphatic hydroxyl groups is 1. The molecule has 228 valence electrons. The lowest BCUT2D eigenvalue weighted by Gasteiger charge is -2.34. The molecule has 2 fully saturated rings. The van der Waals surface area contributed by atoms with Crippen molar-refractivity contribution in [3.05, 3.63) is 46.2 Å². The minimum Gasteiger partial charge on any atom is -0.494 e. The number of nitrogens with zero attached hydrogens (tertiary/aromatic N) is 3. The van der Waals surface area contributed by atoms with Crippen LogP contribution >= 0.6 is 11.3 Å². The highest BCUT2D eigenvalue weighted by atomic mass is 32.1. The summed E-state index contributed by atoms with van der Waals surface area (Å²) in [5.41, 5.74) is 5.58. The van der Waals surface area contributed by atoms with E-state index in [9.17, 15) is 28.2 Å². The molecule has 0 saturated heterocycles. The zero-order chi connectivity index (χ0) is 30.5. The second-order valence-corrected chi connectivity index (χ2v) is 11.7. The van der Waals surface area contributed by atoms with E-state index in [1.807, 2.05) is 0 Å². The number of carboxylic acid groups (broad SMARTS) is 1. The number of hydrogen-bond acceptors (Lipinski definition) is 11. The molecule has 0 aliphatic heterocycles. The fourth-order valence-electron chi connectivity index (χ4n) is 5.29. The van der Waals surface area contributed by atoms with E-state index >= 15 is 0 Å². The van der Waals surface area contributed by atoms with Crippen LogP contribution < -0.4 is 15.2 Å². The number of carboxylic acids is 1. The third-order valence-corrected chi connectivity index (χ3v) is 8.86. The Morgan fingerprint density at radius 1 is 1.19 bits per heavy atom. The van der Waals surface area contributed by atoms with Gasteiger partial charge in [-0.15, -0.1) is 24.5 Å². The van der Waals surface area contributed by atoms with Crippen LogP contribution in [0.3, 0.4) is 0 Å². The van der Waals surface area contributed by atoms with Gasteiger partial charge in [0.05, 0.1) is 35.6 Å². The molecule has 4 aromatic rings. The molecule has 0 radical (unpaired) electrons. The molecule has 3 heterocycles. The average Bonchev–Trinajstić information content (AvgIpc) is 3.55. The summed E-state index contributed by atoms with van der Waals surface area (Å²) in [4.78, 5) is 19.8. The number of anilines is 1. The van der Waals surface area contributed by atoms with Crippen molar-refractivity contribution < 1.29 is 46.9 Å². The second kappa shape index (κ2) is 11.0. The lowest BCUT2D eigenvalue weighted by Crippen LogP contribution is -2.34. The van der Waals surface area contributed by atoms with Gasteiger partial charge in [-0.05, 0) is 62.8 Å². The number of rotatable bonds is 9. The average molecular weight is 621 g/mol. The molecule has 3 aromatic heterocycles. The van der Waals surface area contributed by atoms with E-state index < -0.39 is 23.8 Å². The molecule has 2 aliphatic rings. The second-order valence-electron chi connectivity index (χ2n) is 10.7. The van der Waals surface area contributed by atoms with Crippen molar-refractivity contribution >= 4 is 33.3 Å². The smallest absolute Gasteiger partial charge is 0.494 e. The van der Waals surface area contributed by atoms with Crippen LogP contribution in [0.2, 0.25) is 0 Å². The quantitative estimate of drug-likeness (QED) is 0.209.